The van der Waals surface area contributed by atoms with Gasteiger partial charge in [-0.3, -0.25) is 4.79 Å². The van der Waals surface area contributed by atoms with Crippen LogP contribution in [0.4, 0.5) is 0 Å². The Kier molecular flexibility index (Phi) is 5.57. The van der Waals surface area contributed by atoms with E-state index in [0.29, 0.717) is 28.7 Å². The number of furan rings is 1. The summed E-state index contributed by atoms with van der Waals surface area (Å²) in [5.74, 6) is 1.74. The Morgan fingerprint density at radius 3 is 2.76 bits per heavy atom. The van der Waals surface area contributed by atoms with Crippen molar-refractivity contribution >= 4 is 17.5 Å². The highest BCUT2D eigenvalue weighted by Crippen LogP contribution is 2.22. The summed E-state index contributed by atoms with van der Waals surface area (Å²) in [6.45, 7) is 0.336. The maximum absolute atomic E-state index is 12.4. The molecule has 0 amide bonds. The lowest BCUT2D eigenvalue weighted by atomic mass is 10.1. The molecule has 0 radical (unpaired) electrons. The molecule has 0 aliphatic rings. The number of hydrogen-bond donors (Lipinski definition) is 1. The molecule has 2 heterocycles. The minimum atomic E-state index is -0.124. The third-order valence-electron chi connectivity index (χ3n) is 3.70. The lowest BCUT2D eigenvalue weighted by Gasteiger charge is -2.09. The zero-order chi connectivity index (χ0) is 17.6. The first-order valence-corrected chi connectivity index (χ1v) is 8.67. The molecule has 130 valence electrons. The summed E-state index contributed by atoms with van der Waals surface area (Å²) in [4.78, 5) is 16.7. The first-order valence-electron chi connectivity index (χ1n) is 7.69. The predicted octanol–water partition coefficient (Wildman–Crippen LogP) is 3.00. The van der Waals surface area contributed by atoms with E-state index in [0.717, 1.165) is 5.76 Å². The summed E-state index contributed by atoms with van der Waals surface area (Å²) in [6, 6.07) is 10.7. The molecule has 0 bridgehead atoms. The Morgan fingerprint density at radius 2 is 2.12 bits per heavy atom. The molecule has 7 heteroatoms. The molecule has 3 aromatic rings. The van der Waals surface area contributed by atoms with Gasteiger partial charge in [-0.05, 0) is 36.4 Å². The molecule has 0 unspecified atom stereocenters. The Morgan fingerprint density at radius 1 is 1.32 bits per heavy atom. The van der Waals surface area contributed by atoms with Gasteiger partial charge in [0.05, 0.1) is 44.2 Å². The zero-order valence-corrected chi connectivity index (χ0v) is 14.5. The van der Waals surface area contributed by atoms with E-state index >= 15 is 0 Å². The van der Waals surface area contributed by atoms with E-state index in [9.17, 15) is 9.90 Å². The quantitative estimate of drug-likeness (QED) is 0.493. The third-order valence-corrected chi connectivity index (χ3v) is 4.69. The molecule has 0 aliphatic carbocycles. The predicted molar refractivity (Wildman–Crippen MR) is 94.0 cm³/mol. The molecule has 6 nitrogen and oxygen atoms in total. The van der Waals surface area contributed by atoms with Gasteiger partial charge in [0, 0.05) is 5.56 Å². The second-order valence-electron chi connectivity index (χ2n) is 5.30. The fourth-order valence-electron chi connectivity index (χ4n) is 2.35. The molecule has 2 aromatic heterocycles. The molecule has 0 fully saturated rings. The maximum Gasteiger partial charge on any atom is 0.173 e. The van der Waals surface area contributed by atoms with Crippen LogP contribution in [0.1, 0.15) is 21.8 Å². The SMILES string of the molecule is COc1ccc(C(=O)CSc2ncc(CO)n2Cc2ccco2)cc1. The van der Waals surface area contributed by atoms with Gasteiger partial charge >= 0.3 is 0 Å². The molecule has 0 aliphatic heterocycles. The number of hydrogen-bond acceptors (Lipinski definition) is 6. The van der Waals surface area contributed by atoms with E-state index in [1.165, 1.54) is 11.8 Å². The molecule has 0 atom stereocenters. The monoisotopic (exact) mass is 358 g/mol. The first kappa shape index (κ1) is 17.3. The second-order valence-corrected chi connectivity index (χ2v) is 6.24. The summed E-state index contributed by atoms with van der Waals surface area (Å²) in [6.07, 6.45) is 3.22. The van der Waals surface area contributed by atoms with Crippen molar-refractivity contribution in [3.63, 3.8) is 0 Å². The van der Waals surface area contributed by atoms with E-state index in [1.807, 2.05) is 16.7 Å². The number of aromatic nitrogens is 2. The standard InChI is InChI=1S/C18H18N2O4S/c1-23-15-6-4-13(5-7-15)17(22)12-25-18-19-9-14(11-21)20(18)10-16-3-2-8-24-16/h2-9,21H,10-12H2,1H3. The van der Waals surface area contributed by atoms with Crippen LogP contribution in [0, 0.1) is 0 Å². The number of methoxy groups -OCH3 is 1. The van der Waals surface area contributed by atoms with Crippen LogP contribution < -0.4 is 4.74 Å². The number of thioether (sulfide) groups is 1. The summed E-state index contributed by atoms with van der Waals surface area (Å²) in [5.41, 5.74) is 1.30. The van der Waals surface area contributed by atoms with Crippen LogP contribution in [0.2, 0.25) is 0 Å². The van der Waals surface area contributed by atoms with Gasteiger partial charge in [-0.2, -0.15) is 0 Å². The van der Waals surface area contributed by atoms with E-state index in [-0.39, 0.29) is 18.1 Å². The fourth-order valence-corrected chi connectivity index (χ4v) is 3.24. The average molecular weight is 358 g/mol. The minimum Gasteiger partial charge on any atom is -0.497 e. The van der Waals surface area contributed by atoms with Crippen molar-refractivity contribution in [1.29, 1.82) is 0 Å². The van der Waals surface area contributed by atoms with Gasteiger partial charge in [0.1, 0.15) is 11.5 Å². The van der Waals surface area contributed by atoms with Crippen molar-refractivity contribution < 1.29 is 19.1 Å². The Hall–Kier alpha value is -2.51. The number of ketones is 1. The number of benzene rings is 1. The highest BCUT2D eigenvalue weighted by molar-refractivity contribution is 7.99. The van der Waals surface area contributed by atoms with Gasteiger partial charge in [0.25, 0.3) is 0 Å². The Balaban J connectivity index is 1.69. The van der Waals surface area contributed by atoms with E-state index < -0.39 is 0 Å². The Bertz CT molecular complexity index is 825. The average Bonchev–Trinajstić information content (AvgIpc) is 3.30. The minimum absolute atomic E-state index is 0.00532. The van der Waals surface area contributed by atoms with Gasteiger partial charge in [-0.1, -0.05) is 11.8 Å². The molecule has 0 spiro atoms. The zero-order valence-electron chi connectivity index (χ0n) is 13.7. The number of rotatable bonds is 8. The number of carbonyl (C=O) groups is 1. The van der Waals surface area contributed by atoms with E-state index in [2.05, 4.69) is 4.98 Å². The molecule has 1 N–H and O–H groups in total. The number of nitrogens with zero attached hydrogens (tertiary/aromatic N) is 2. The summed E-state index contributed by atoms with van der Waals surface area (Å²) >= 11 is 1.34. The summed E-state index contributed by atoms with van der Waals surface area (Å²) in [7, 11) is 1.59. The van der Waals surface area contributed by atoms with Crippen molar-refractivity contribution in [2.45, 2.75) is 18.3 Å². The Labute approximate surface area is 149 Å². The summed E-state index contributed by atoms with van der Waals surface area (Å²) < 4.78 is 12.3. The van der Waals surface area contributed by atoms with Crippen molar-refractivity contribution in [2.75, 3.05) is 12.9 Å². The number of ether oxygens (including phenoxy) is 1. The molecule has 0 saturated heterocycles. The van der Waals surface area contributed by atoms with Crippen LogP contribution in [0.3, 0.4) is 0 Å². The highest BCUT2D eigenvalue weighted by atomic mass is 32.2. The number of aliphatic hydroxyl groups is 1. The third kappa shape index (κ3) is 4.12. The van der Waals surface area contributed by atoms with Gasteiger partial charge < -0.3 is 18.8 Å². The van der Waals surface area contributed by atoms with Gasteiger partial charge in [-0.25, -0.2) is 4.98 Å². The van der Waals surface area contributed by atoms with Crippen LogP contribution >= 0.6 is 11.8 Å². The lowest BCUT2D eigenvalue weighted by Crippen LogP contribution is -2.08. The van der Waals surface area contributed by atoms with Crippen LogP contribution in [0.5, 0.6) is 5.75 Å². The second kappa shape index (κ2) is 8.04. The van der Waals surface area contributed by atoms with Crippen LogP contribution in [0.15, 0.2) is 58.4 Å². The highest BCUT2D eigenvalue weighted by Gasteiger charge is 2.14. The van der Waals surface area contributed by atoms with Crippen molar-refractivity contribution in [2.24, 2.45) is 0 Å². The lowest BCUT2D eigenvalue weighted by molar-refractivity contribution is 0.102. The number of aliphatic hydroxyl groups excluding tert-OH is 1. The van der Waals surface area contributed by atoms with E-state index in [4.69, 9.17) is 9.15 Å². The smallest absolute Gasteiger partial charge is 0.173 e. The molecule has 25 heavy (non-hydrogen) atoms. The number of carbonyl (C=O) groups excluding carboxylic acids is 1. The maximum atomic E-state index is 12.4. The number of imidazole rings is 1. The topological polar surface area (TPSA) is 77.5 Å². The molecule has 1 aromatic carbocycles. The van der Waals surface area contributed by atoms with Crippen LogP contribution in [0.25, 0.3) is 0 Å². The van der Waals surface area contributed by atoms with E-state index in [1.54, 1.807) is 43.8 Å². The van der Waals surface area contributed by atoms with Gasteiger partial charge in [0.2, 0.25) is 0 Å². The number of Topliss-reactive ketones (excluding diaryl/α,β-unsaturated/α-hetero) is 1. The fraction of sp³-hybridized carbons (Fsp3) is 0.222. The van der Waals surface area contributed by atoms with Gasteiger partial charge in [-0.15, -0.1) is 0 Å². The van der Waals surface area contributed by atoms with Gasteiger partial charge in [0.15, 0.2) is 10.9 Å². The molecule has 0 saturated carbocycles. The largest absolute Gasteiger partial charge is 0.497 e. The molecule has 3 rings (SSSR count). The molecular formula is C18H18N2O4S. The molecular weight excluding hydrogens is 340 g/mol. The first-order chi connectivity index (χ1) is 12.2. The van der Waals surface area contributed by atoms with Crippen molar-refractivity contribution in [3.05, 3.63) is 65.9 Å². The summed E-state index contributed by atoms with van der Waals surface area (Å²) in [5, 5.41) is 10.2. The van der Waals surface area contributed by atoms with Crippen molar-refractivity contribution in [1.82, 2.24) is 9.55 Å². The van der Waals surface area contributed by atoms with Crippen molar-refractivity contribution in [3.8, 4) is 5.75 Å². The normalized spacial score (nSPS) is 10.8. The van der Waals surface area contributed by atoms with Crippen LogP contribution in [-0.4, -0.2) is 33.3 Å². The van der Waals surface area contributed by atoms with Crippen LogP contribution in [-0.2, 0) is 13.2 Å².